The van der Waals surface area contributed by atoms with Gasteiger partial charge in [0.1, 0.15) is 11.6 Å². The van der Waals surface area contributed by atoms with E-state index < -0.39 is 6.04 Å². The van der Waals surface area contributed by atoms with E-state index in [0.29, 0.717) is 11.3 Å². The summed E-state index contributed by atoms with van der Waals surface area (Å²) in [5.41, 5.74) is 1.90. The standard InChI is InChI=1S/C20H16ClFN2O2/c1-26-16-8-4-14(5-9-16)19(13-2-6-15(22)7-3-13)24-20(25)17-10-11-23-12-18(17)21/h2-12,19H,1H3,(H,24,25)/t19-/m1/s1. The summed E-state index contributed by atoms with van der Waals surface area (Å²) in [6.07, 6.45) is 2.91. The van der Waals surface area contributed by atoms with Crippen LogP contribution in [0.25, 0.3) is 0 Å². The number of hydrogen-bond donors (Lipinski definition) is 1. The molecule has 0 unspecified atom stereocenters. The summed E-state index contributed by atoms with van der Waals surface area (Å²) in [6.45, 7) is 0. The summed E-state index contributed by atoms with van der Waals surface area (Å²) < 4.78 is 18.5. The van der Waals surface area contributed by atoms with E-state index in [9.17, 15) is 9.18 Å². The number of aromatic nitrogens is 1. The minimum Gasteiger partial charge on any atom is -0.497 e. The van der Waals surface area contributed by atoms with E-state index >= 15 is 0 Å². The zero-order valence-corrected chi connectivity index (χ0v) is 14.7. The van der Waals surface area contributed by atoms with Crippen molar-refractivity contribution in [3.63, 3.8) is 0 Å². The number of methoxy groups -OCH3 is 1. The molecule has 1 N–H and O–H groups in total. The molecule has 0 saturated heterocycles. The average molecular weight is 371 g/mol. The lowest BCUT2D eigenvalue weighted by molar-refractivity contribution is 0.0943. The lowest BCUT2D eigenvalue weighted by atomic mass is 9.98. The van der Waals surface area contributed by atoms with Gasteiger partial charge in [-0.3, -0.25) is 9.78 Å². The highest BCUT2D eigenvalue weighted by Crippen LogP contribution is 2.25. The average Bonchev–Trinajstić information content (AvgIpc) is 2.67. The molecular weight excluding hydrogens is 355 g/mol. The predicted molar refractivity (Wildman–Crippen MR) is 98.0 cm³/mol. The van der Waals surface area contributed by atoms with Crippen LogP contribution in [0.5, 0.6) is 5.75 Å². The summed E-state index contributed by atoms with van der Waals surface area (Å²) >= 11 is 6.07. The molecule has 1 heterocycles. The Balaban J connectivity index is 1.95. The van der Waals surface area contributed by atoms with Crippen molar-refractivity contribution in [3.05, 3.63) is 94.5 Å². The highest BCUT2D eigenvalue weighted by Gasteiger charge is 2.19. The molecule has 0 bridgehead atoms. The summed E-state index contributed by atoms with van der Waals surface area (Å²) in [6, 6.07) is 14.4. The molecule has 3 rings (SSSR count). The van der Waals surface area contributed by atoms with Crippen molar-refractivity contribution in [2.45, 2.75) is 6.04 Å². The van der Waals surface area contributed by atoms with Gasteiger partial charge in [0.25, 0.3) is 5.91 Å². The lowest BCUT2D eigenvalue weighted by Crippen LogP contribution is -2.29. The molecule has 0 aliphatic carbocycles. The van der Waals surface area contributed by atoms with Gasteiger partial charge in [-0.2, -0.15) is 0 Å². The van der Waals surface area contributed by atoms with Crippen molar-refractivity contribution in [2.24, 2.45) is 0 Å². The maximum absolute atomic E-state index is 13.3. The first-order valence-corrected chi connectivity index (χ1v) is 8.26. The minimum absolute atomic E-state index is 0.262. The number of hydrogen-bond acceptors (Lipinski definition) is 3. The second kappa shape index (κ2) is 7.97. The second-order valence-electron chi connectivity index (χ2n) is 5.59. The molecule has 0 aliphatic rings. The van der Waals surface area contributed by atoms with Crippen LogP contribution in [0.2, 0.25) is 5.02 Å². The number of amides is 1. The topological polar surface area (TPSA) is 51.2 Å². The third kappa shape index (κ3) is 4.00. The minimum atomic E-state index is -0.474. The fraction of sp³-hybridized carbons (Fsp3) is 0.100. The molecule has 0 spiro atoms. The number of rotatable bonds is 5. The maximum atomic E-state index is 13.3. The Morgan fingerprint density at radius 2 is 1.69 bits per heavy atom. The fourth-order valence-electron chi connectivity index (χ4n) is 2.58. The molecule has 0 saturated carbocycles. The first kappa shape index (κ1) is 17.9. The van der Waals surface area contributed by atoms with Crippen molar-refractivity contribution in [1.29, 1.82) is 0 Å². The number of carbonyl (C=O) groups is 1. The molecule has 0 radical (unpaired) electrons. The lowest BCUT2D eigenvalue weighted by Gasteiger charge is -2.20. The number of ether oxygens (including phenoxy) is 1. The quantitative estimate of drug-likeness (QED) is 0.724. The molecule has 2 aromatic carbocycles. The van der Waals surface area contributed by atoms with Gasteiger partial charge in [0.2, 0.25) is 0 Å². The number of nitrogens with zero attached hydrogens (tertiary/aromatic N) is 1. The van der Waals surface area contributed by atoms with Crippen molar-refractivity contribution in [3.8, 4) is 5.75 Å². The Morgan fingerprint density at radius 1 is 1.08 bits per heavy atom. The van der Waals surface area contributed by atoms with Crippen molar-refractivity contribution >= 4 is 17.5 Å². The van der Waals surface area contributed by atoms with E-state index in [-0.39, 0.29) is 16.7 Å². The Labute approximate surface area is 155 Å². The molecular formula is C20H16ClFN2O2. The number of pyridine rings is 1. The number of nitrogens with one attached hydrogen (secondary N) is 1. The van der Waals surface area contributed by atoms with Crippen LogP contribution in [0.3, 0.4) is 0 Å². The first-order chi connectivity index (χ1) is 12.6. The van der Waals surface area contributed by atoms with Crippen molar-refractivity contribution in [2.75, 3.05) is 7.11 Å². The summed E-state index contributed by atoms with van der Waals surface area (Å²) in [7, 11) is 1.58. The molecule has 6 heteroatoms. The number of halogens is 2. The van der Waals surface area contributed by atoms with Crippen LogP contribution >= 0.6 is 11.6 Å². The third-order valence-electron chi connectivity index (χ3n) is 3.94. The van der Waals surface area contributed by atoms with Gasteiger partial charge in [-0.15, -0.1) is 0 Å². The molecule has 132 valence electrons. The molecule has 0 aliphatic heterocycles. The van der Waals surface area contributed by atoms with E-state index in [0.717, 1.165) is 11.1 Å². The van der Waals surface area contributed by atoms with Gasteiger partial charge in [-0.1, -0.05) is 35.9 Å². The molecule has 4 nitrogen and oxygen atoms in total. The van der Waals surface area contributed by atoms with Crippen LogP contribution < -0.4 is 10.1 Å². The predicted octanol–water partition coefficient (Wildman–Crippen LogP) is 4.40. The Kier molecular flexibility index (Phi) is 5.49. The van der Waals surface area contributed by atoms with E-state index in [1.54, 1.807) is 37.4 Å². The van der Waals surface area contributed by atoms with Gasteiger partial charge < -0.3 is 10.1 Å². The van der Waals surface area contributed by atoms with Crippen LogP contribution in [-0.4, -0.2) is 18.0 Å². The van der Waals surface area contributed by atoms with E-state index in [4.69, 9.17) is 16.3 Å². The number of carbonyl (C=O) groups excluding carboxylic acids is 1. The molecule has 1 atom stereocenters. The Morgan fingerprint density at radius 3 is 2.27 bits per heavy atom. The molecule has 3 aromatic rings. The van der Waals surface area contributed by atoms with Crippen molar-refractivity contribution in [1.82, 2.24) is 10.3 Å². The zero-order chi connectivity index (χ0) is 18.5. The van der Waals surface area contributed by atoms with E-state index in [1.807, 2.05) is 12.1 Å². The molecule has 26 heavy (non-hydrogen) atoms. The zero-order valence-electron chi connectivity index (χ0n) is 13.9. The van der Waals surface area contributed by atoms with Crippen LogP contribution in [0.1, 0.15) is 27.5 Å². The van der Waals surface area contributed by atoms with Gasteiger partial charge in [0, 0.05) is 12.4 Å². The van der Waals surface area contributed by atoms with Crippen LogP contribution in [-0.2, 0) is 0 Å². The molecule has 1 aromatic heterocycles. The normalized spacial score (nSPS) is 11.7. The SMILES string of the molecule is COc1ccc([C@H](NC(=O)c2ccncc2Cl)c2ccc(F)cc2)cc1. The second-order valence-corrected chi connectivity index (χ2v) is 5.99. The van der Waals surface area contributed by atoms with Gasteiger partial charge >= 0.3 is 0 Å². The van der Waals surface area contributed by atoms with Gasteiger partial charge in [-0.05, 0) is 41.5 Å². The third-order valence-corrected chi connectivity index (χ3v) is 4.25. The Hall–Kier alpha value is -2.92. The summed E-state index contributed by atoms with van der Waals surface area (Å²) in [5.74, 6) is 0.0170. The fourth-order valence-corrected chi connectivity index (χ4v) is 2.78. The highest BCUT2D eigenvalue weighted by atomic mass is 35.5. The largest absolute Gasteiger partial charge is 0.497 e. The number of benzene rings is 2. The smallest absolute Gasteiger partial charge is 0.253 e. The highest BCUT2D eigenvalue weighted by molar-refractivity contribution is 6.33. The molecule has 1 amide bonds. The van der Waals surface area contributed by atoms with E-state index in [1.165, 1.54) is 24.5 Å². The van der Waals surface area contributed by atoms with Gasteiger partial charge in [0.05, 0.1) is 23.7 Å². The first-order valence-electron chi connectivity index (χ1n) is 7.88. The summed E-state index contributed by atoms with van der Waals surface area (Å²) in [4.78, 5) is 16.6. The van der Waals surface area contributed by atoms with Crippen LogP contribution in [0.4, 0.5) is 4.39 Å². The van der Waals surface area contributed by atoms with Gasteiger partial charge in [-0.25, -0.2) is 4.39 Å². The maximum Gasteiger partial charge on any atom is 0.253 e. The Bertz CT molecular complexity index is 898. The van der Waals surface area contributed by atoms with Gasteiger partial charge in [0.15, 0.2) is 0 Å². The van der Waals surface area contributed by atoms with Crippen LogP contribution in [0.15, 0.2) is 67.0 Å². The van der Waals surface area contributed by atoms with Crippen molar-refractivity contribution < 1.29 is 13.9 Å². The monoisotopic (exact) mass is 370 g/mol. The molecule has 0 fully saturated rings. The van der Waals surface area contributed by atoms with E-state index in [2.05, 4.69) is 10.3 Å². The van der Waals surface area contributed by atoms with Crippen LogP contribution in [0, 0.1) is 5.82 Å². The summed E-state index contributed by atoms with van der Waals surface area (Å²) in [5, 5.41) is 3.21.